The summed E-state index contributed by atoms with van der Waals surface area (Å²) in [7, 11) is 0. The number of aliphatic hydroxyl groups excluding tert-OH is 1. The second kappa shape index (κ2) is 16.1. The Balaban J connectivity index is 1.21. The van der Waals surface area contributed by atoms with Crippen molar-refractivity contribution in [2.75, 3.05) is 5.75 Å². The summed E-state index contributed by atoms with van der Waals surface area (Å²) in [5, 5.41) is 21.4. The van der Waals surface area contributed by atoms with Crippen molar-refractivity contribution in [2.24, 2.45) is 0 Å². The number of carboxylic acids is 1. The molecule has 1 aliphatic rings. The zero-order valence-corrected chi connectivity index (χ0v) is 27.9. The van der Waals surface area contributed by atoms with E-state index in [1.165, 1.54) is 11.8 Å². The van der Waals surface area contributed by atoms with Crippen LogP contribution in [0.2, 0.25) is 0 Å². The third-order valence-electron chi connectivity index (χ3n) is 8.47. The summed E-state index contributed by atoms with van der Waals surface area (Å²) in [6, 6.07) is 28.3. The summed E-state index contributed by atoms with van der Waals surface area (Å²) in [6.07, 6.45) is -1.07. The van der Waals surface area contributed by atoms with E-state index in [9.17, 15) is 41.8 Å². The first-order chi connectivity index (χ1) is 25.0. The normalized spacial score (nSPS) is 17.2. The Morgan fingerprint density at radius 2 is 1.38 bits per heavy atom. The van der Waals surface area contributed by atoms with Gasteiger partial charge in [-0.3, -0.25) is 4.79 Å². The Morgan fingerprint density at radius 3 is 2.08 bits per heavy atom. The maximum Gasteiger partial charge on any atom is 0.336 e. The molecule has 3 unspecified atom stereocenters. The number of hydrogen-bond acceptors (Lipinski definition) is 6. The molecule has 3 N–H and O–H groups in total. The van der Waals surface area contributed by atoms with Crippen molar-refractivity contribution in [2.45, 2.75) is 43.0 Å². The van der Waals surface area contributed by atoms with Crippen molar-refractivity contribution in [1.82, 2.24) is 5.32 Å². The van der Waals surface area contributed by atoms with Gasteiger partial charge in [-0.1, -0.05) is 72.8 Å². The Bertz CT molecular complexity index is 2090. The number of hydrogen-bond donors (Lipinski definition) is 3. The molecule has 7 nitrogen and oxygen atoms in total. The highest BCUT2D eigenvalue weighted by Gasteiger charge is 2.33. The van der Waals surface area contributed by atoms with Crippen molar-refractivity contribution < 1.29 is 51.2 Å². The zero-order valence-electron chi connectivity index (χ0n) is 27.1. The molecule has 1 saturated heterocycles. The smallest absolute Gasteiger partial charge is 0.336 e. The highest BCUT2D eigenvalue weighted by atomic mass is 32.2. The topological polar surface area (TPSA) is 105 Å². The van der Waals surface area contributed by atoms with Crippen molar-refractivity contribution in [3.63, 3.8) is 0 Å². The van der Waals surface area contributed by atoms with Gasteiger partial charge in [-0.2, -0.15) is 0 Å². The van der Waals surface area contributed by atoms with Crippen LogP contribution in [0.25, 0.3) is 11.1 Å². The van der Waals surface area contributed by atoms with Gasteiger partial charge >= 0.3 is 5.97 Å². The van der Waals surface area contributed by atoms with Gasteiger partial charge in [0.05, 0.1) is 24.4 Å². The molecule has 0 aromatic heterocycles. The Labute approximate surface area is 299 Å². The predicted octanol–water partition coefficient (Wildman–Crippen LogP) is 8.51. The van der Waals surface area contributed by atoms with Crippen molar-refractivity contribution in [3.05, 3.63) is 160 Å². The van der Waals surface area contributed by atoms with Crippen LogP contribution in [0.15, 0.2) is 102 Å². The van der Waals surface area contributed by atoms with E-state index in [0.29, 0.717) is 33.8 Å². The molecule has 268 valence electrons. The van der Waals surface area contributed by atoms with Crippen LogP contribution in [0.3, 0.4) is 0 Å². The van der Waals surface area contributed by atoms with Gasteiger partial charge in [0.1, 0.15) is 5.56 Å². The lowest BCUT2D eigenvalue weighted by molar-refractivity contribution is -0.245. The molecule has 0 radical (unpaired) electrons. The van der Waals surface area contributed by atoms with Gasteiger partial charge in [-0.25, -0.2) is 26.7 Å². The Kier molecular flexibility index (Phi) is 11.3. The molecule has 3 atom stereocenters. The van der Waals surface area contributed by atoms with Gasteiger partial charge < -0.3 is 25.0 Å². The van der Waals surface area contributed by atoms with Crippen LogP contribution < -0.4 is 5.32 Å². The van der Waals surface area contributed by atoms with Crippen LogP contribution in [0, 0.1) is 29.1 Å². The van der Waals surface area contributed by atoms with E-state index in [4.69, 9.17) is 9.47 Å². The SMILES string of the molecule is O=C(O)c1ccccc1SCC1CC(c2ccc(CO)cc2)OC(c2cccc(-c3cccc(CNC(=O)c4c(F)c(F)c(F)c(F)c4F)c3)c2)O1. The molecule has 6 rings (SSSR count). The first-order valence-corrected chi connectivity index (χ1v) is 17.0. The Hall–Kier alpha value is -5.08. The fourth-order valence-electron chi connectivity index (χ4n) is 5.78. The molecule has 13 heteroatoms. The van der Waals surface area contributed by atoms with Crippen LogP contribution >= 0.6 is 11.8 Å². The summed E-state index contributed by atoms with van der Waals surface area (Å²) in [6.45, 7) is -0.382. The number of amides is 1. The number of benzene rings is 5. The third kappa shape index (κ3) is 8.02. The number of halogens is 5. The van der Waals surface area contributed by atoms with Crippen molar-refractivity contribution >= 4 is 23.6 Å². The molecule has 0 bridgehead atoms. The fourth-order valence-corrected chi connectivity index (χ4v) is 6.84. The second-order valence-electron chi connectivity index (χ2n) is 11.9. The molecule has 0 spiro atoms. The number of rotatable bonds is 11. The van der Waals surface area contributed by atoms with E-state index < -0.39 is 52.8 Å². The molecule has 0 saturated carbocycles. The van der Waals surface area contributed by atoms with Gasteiger partial charge in [0.15, 0.2) is 29.6 Å². The average Bonchev–Trinajstić information content (AvgIpc) is 3.18. The van der Waals surface area contributed by atoms with E-state index >= 15 is 0 Å². The number of nitrogens with one attached hydrogen (secondary N) is 1. The summed E-state index contributed by atoms with van der Waals surface area (Å²) in [4.78, 5) is 24.9. The highest BCUT2D eigenvalue weighted by Crippen LogP contribution is 2.40. The van der Waals surface area contributed by atoms with Gasteiger partial charge in [0.25, 0.3) is 5.91 Å². The lowest BCUT2D eigenvalue weighted by Gasteiger charge is -2.36. The lowest BCUT2D eigenvalue weighted by Crippen LogP contribution is -2.31. The van der Waals surface area contributed by atoms with E-state index in [0.717, 1.165) is 16.7 Å². The highest BCUT2D eigenvalue weighted by molar-refractivity contribution is 7.99. The molecular weight excluding hydrogens is 705 g/mol. The summed E-state index contributed by atoms with van der Waals surface area (Å²) in [5.74, 6) is -13.3. The van der Waals surface area contributed by atoms with E-state index in [-0.39, 0.29) is 30.9 Å². The largest absolute Gasteiger partial charge is 0.478 e. The third-order valence-corrected chi connectivity index (χ3v) is 9.67. The second-order valence-corrected chi connectivity index (χ2v) is 13.0. The monoisotopic (exact) mass is 735 g/mol. The molecule has 1 fully saturated rings. The fraction of sp³-hybridized carbons (Fsp3) is 0.179. The van der Waals surface area contributed by atoms with Crippen LogP contribution in [0.5, 0.6) is 0 Å². The zero-order chi connectivity index (χ0) is 36.9. The summed E-state index contributed by atoms with van der Waals surface area (Å²) in [5.41, 5.74) is 2.83. The number of ether oxygens (including phenoxy) is 2. The first kappa shape index (κ1) is 36.7. The van der Waals surface area contributed by atoms with Gasteiger partial charge in [-0.05, 0) is 52.1 Å². The Morgan fingerprint density at radius 1 is 0.731 bits per heavy atom. The molecule has 1 amide bonds. The maximum absolute atomic E-state index is 14.2. The summed E-state index contributed by atoms with van der Waals surface area (Å²) >= 11 is 1.37. The van der Waals surface area contributed by atoms with Gasteiger partial charge in [0.2, 0.25) is 5.82 Å². The average molecular weight is 736 g/mol. The van der Waals surface area contributed by atoms with E-state index in [2.05, 4.69) is 5.32 Å². The number of aromatic carboxylic acids is 1. The standard InChI is InChI=1S/C39H30F5NO6S/c40-32-31(33(41)35(43)36(44)34(32)42)37(47)45-18-22-5-3-6-24(15-22)25-7-4-8-26(16-25)39-50-27(20-52-30-10-2-1-9-28(30)38(48)49)17-29(51-39)23-13-11-21(19-46)12-14-23/h1-16,27,29,39,46H,17-20H2,(H,45,47)(H,48,49). The lowest BCUT2D eigenvalue weighted by atomic mass is 9.99. The van der Waals surface area contributed by atoms with Crippen LogP contribution in [-0.2, 0) is 22.6 Å². The maximum atomic E-state index is 14.2. The van der Waals surface area contributed by atoms with Crippen LogP contribution in [0.4, 0.5) is 22.0 Å². The molecule has 5 aromatic carbocycles. The van der Waals surface area contributed by atoms with Gasteiger partial charge in [0, 0.05) is 29.2 Å². The molecule has 5 aromatic rings. The van der Waals surface area contributed by atoms with Gasteiger partial charge in [-0.15, -0.1) is 11.8 Å². The molecule has 52 heavy (non-hydrogen) atoms. The molecule has 0 aliphatic carbocycles. The minimum absolute atomic E-state index is 0.106. The van der Waals surface area contributed by atoms with Crippen molar-refractivity contribution in [1.29, 1.82) is 0 Å². The molecule has 1 heterocycles. The van der Waals surface area contributed by atoms with E-state index in [1.807, 2.05) is 48.5 Å². The van der Waals surface area contributed by atoms with Crippen LogP contribution in [0.1, 0.15) is 61.8 Å². The quantitative estimate of drug-likeness (QED) is 0.0541. The number of carbonyl (C=O) groups excluding carboxylic acids is 1. The number of carbonyl (C=O) groups is 2. The predicted molar refractivity (Wildman–Crippen MR) is 182 cm³/mol. The minimum Gasteiger partial charge on any atom is -0.478 e. The minimum atomic E-state index is -2.35. The molecule has 1 aliphatic heterocycles. The van der Waals surface area contributed by atoms with Crippen LogP contribution in [-0.4, -0.2) is 33.9 Å². The first-order valence-electron chi connectivity index (χ1n) is 16.0. The van der Waals surface area contributed by atoms with Crippen molar-refractivity contribution in [3.8, 4) is 11.1 Å². The number of thioether (sulfide) groups is 1. The number of aliphatic hydroxyl groups is 1. The summed E-state index contributed by atoms with van der Waals surface area (Å²) < 4.78 is 82.0. The molecular formula is C39H30F5NO6S. The van der Waals surface area contributed by atoms with E-state index in [1.54, 1.807) is 48.5 Å². The number of carboxylic acid groups (broad SMARTS) is 1.